The van der Waals surface area contributed by atoms with E-state index in [2.05, 4.69) is 28.6 Å². The molecule has 17 heavy (non-hydrogen) atoms. The maximum Gasteiger partial charge on any atom is 0.339 e. The average molecular weight is 315 g/mol. The van der Waals surface area contributed by atoms with E-state index < -0.39 is 0 Å². The first kappa shape index (κ1) is 13.0. The molecule has 1 saturated carbocycles. The van der Waals surface area contributed by atoms with E-state index in [0.29, 0.717) is 12.2 Å². The predicted molar refractivity (Wildman–Crippen MR) is 73.6 cm³/mol. The maximum absolute atomic E-state index is 11.8. The van der Waals surface area contributed by atoms with Crippen LogP contribution < -0.4 is 0 Å². The second-order valence-corrected chi connectivity index (χ2v) is 5.76. The Labute approximate surface area is 115 Å². The smallest absolute Gasteiger partial charge is 0.339 e. The van der Waals surface area contributed by atoms with Gasteiger partial charge in [0, 0.05) is 9.37 Å². The minimum atomic E-state index is -0.271. The zero-order valence-corrected chi connectivity index (χ0v) is 12.0. The van der Waals surface area contributed by atoms with Crippen molar-refractivity contribution >= 4 is 34.5 Å². The van der Waals surface area contributed by atoms with Crippen molar-refractivity contribution in [2.45, 2.75) is 30.6 Å². The van der Waals surface area contributed by atoms with Gasteiger partial charge in [-0.3, -0.25) is 0 Å². The molecule has 0 aliphatic heterocycles. The number of rotatable bonds is 4. The molecule has 0 amide bonds. The zero-order chi connectivity index (χ0) is 12.3. The molecule has 0 heterocycles. The highest BCUT2D eigenvalue weighted by Crippen LogP contribution is 2.29. The largest absolute Gasteiger partial charge is 0.462 e. The monoisotopic (exact) mass is 314 g/mol. The molecule has 2 nitrogen and oxygen atoms in total. The molecule has 4 heteroatoms. The Morgan fingerprint density at radius 2 is 2.24 bits per heavy atom. The summed E-state index contributed by atoms with van der Waals surface area (Å²) in [7, 11) is 0. The minimum absolute atomic E-state index is 0.271. The molecule has 0 spiro atoms. The summed E-state index contributed by atoms with van der Waals surface area (Å²) in [6, 6.07) is 5.36. The number of ether oxygens (including phenoxy) is 1. The first-order chi connectivity index (χ1) is 8.16. The minimum Gasteiger partial charge on any atom is -0.462 e. The van der Waals surface area contributed by atoms with E-state index in [1.807, 2.05) is 12.1 Å². The molecule has 0 aromatic heterocycles. The van der Waals surface area contributed by atoms with Crippen molar-refractivity contribution in [2.24, 2.45) is 5.92 Å². The van der Waals surface area contributed by atoms with Crippen molar-refractivity contribution in [2.75, 3.05) is 6.61 Å². The zero-order valence-electron chi connectivity index (χ0n) is 9.49. The molecule has 0 atom stereocenters. The molecular formula is C13H15BrO2S. The highest BCUT2D eigenvalue weighted by molar-refractivity contribution is 9.10. The summed E-state index contributed by atoms with van der Waals surface area (Å²) in [6.45, 7) is 0.521. The van der Waals surface area contributed by atoms with Crippen LogP contribution in [0.5, 0.6) is 0 Å². The molecule has 1 aromatic carbocycles. The Morgan fingerprint density at radius 1 is 1.47 bits per heavy atom. The van der Waals surface area contributed by atoms with Gasteiger partial charge in [-0.15, -0.1) is 12.6 Å². The quantitative estimate of drug-likeness (QED) is 0.669. The molecule has 0 unspecified atom stereocenters. The van der Waals surface area contributed by atoms with Crippen LogP contribution in [0.3, 0.4) is 0 Å². The summed E-state index contributed by atoms with van der Waals surface area (Å²) >= 11 is 7.56. The van der Waals surface area contributed by atoms with Gasteiger partial charge in [-0.1, -0.05) is 19.3 Å². The van der Waals surface area contributed by atoms with Crippen LogP contribution in [-0.2, 0) is 4.74 Å². The van der Waals surface area contributed by atoms with E-state index >= 15 is 0 Å². The van der Waals surface area contributed by atoms with Crippen molar-refractivity contribution in [3.8, 4) is 0 Å². The molecule has 0 N–H and O–H groups in total. The van der Waals surface area contributed by atoms with E-state index in [9.17, 15) is 4.79 Å². The first-order valence-electron chi connectivity index (χ1n) is 5.82. The standard InChI is InChI=1S/C13H15BrO2S/c14-12-5-4-10(17)8-11(12)13(15)16-7-6-9-2-1-3-9/h4-5,8-9,17H,1-3,6-7H2. The summed E-state index contributed by atoms with van der Waals surface area (Å²) in [5, 5.41) is 0. The third kappa shape index (κ3) is 3.49. The first-order valence-corrected chi connectivity index (χ1v) is 7.06. The Morgan fingerprint density at radius 3 is 2.88 bits per heavy atom. The van der Waals surface area contributed by atoms with E-state index in [-0.39, 0.29) is 5.97 Å². The Balaban J connectivity index is 1.87. The molecule has 1 aliphatic rings. The third-order valence-corrected chi connectivity index (χ3v) is 4.12. The molecule has 92 valence electrons. The summed E-state index contributed by atoms with van der Waals surface area (Å²) < 4.78 is 6.02. The lowest BCUT2D eigenvalue weighted by atomic mass is 9.83. The topological polar surface area (TPSA) is 26.3 Å². The second-order valence-electron chi connectivity index (χ2n) is 4.39. The van der Waals surface area contributed by atoms with Crippen LogP contribution in [0.2, 0.25) is 0 Å². The van der Waals surface area contributed by atoms with Gasteiger partial charge >= 0.3 is 5.97 Å². The van der Waals surface area contributed by atoms with Crippen LogP contribution in [0.15, 0.2) is 27.6 Å². The summed E-state index contributed by atoms with van der Waals surface area (Å²) in [6.07, 6.45) is 4.89. The van der Waals surface area contributed by atoms with Crippen molar-refractivity contribution in [1.29, 1.82) is 0 Å². The number of hydrogen-bond acceptors (Lipinski definition) is 3. The molecule has 0 radical (unpaired) electrons. The summed E-state index contributed by atoms with van der Waals surface area (Å²) in [5.41, 5.74) is 0.547. The van der Waals surface area contributed by atoms with Crippen molar-refractivity contribution < 1.29 is 9.53 Å². The molecular weight excluding hydrogens is 300 g/mol. The van der Waals surface area contributed by atoms with Gasteiger partial charge in [0.2, 0.25) is 0 Å². The number of benzene rings is 1. The third-order valence-electron chi connectivity index (χ3n) is 3.15. The van der Waals surface area contributed by atoms with E-state index in [4.69, 9.17) is 4.74 Å². The highest BCUT2D eigenvalue weighted by Gasteiger charge is 2.18. The van der Waals surface area contributed by atoms with Crippen LogP contribution >= 0.6 is 28.6 Å². The molecule has 1 aliphatic carbocycles. The predicted octanol–water partition coefficient (Wildman–Crippen LogP) is 4.08. The highest BCUT2D eigenvalue weighted by atomic mass is 79.9. The lowest BCUT2D eigenvalue weighted by Gasteiger charge is -2.24. The second kappa shape index (κ2) is 5.91. The number of thiol groups is 1. The fourth-order valence-electron chi connectivity index (χ4n) is 1.85. The fourth-order valence-corrected chi connectivity index (χ4v) is 2.46. The lowest BCUT2D eigenvalue weighted by molar-refractivity contribution is 0.0463. The molecule has 1 fully saturated rings. The molecule has 0 saturated heterocycles. The van der Waals surface area contributed by atoms with Gasteiger partial charge < -0.3 is 4.74 Å². The van der Waals surface area contributed by atoms with Crippen LogP contribution in [0.25, 0.3) is 0 Å². The van der Waals surface area contributed by atoms with Gasteiger partial charge in [-0.05, 0) is 46.5 Å². The SMILES string of the molecule is O=C(OCCC1CCC1)c1cc(S)ccc1Br. The van der Waals surface area contributed by atoms with Crippen molar-refractivity contribution in [3.63, 3.8) is 0 Å². The van der Waals surface area contributed by atoms with Crippen molar-refractivity contribution in [3.05, 3.63) is 28.2 Å². The summed E-state index contributed by atoms with van der Waals surface area (Å²) in [4.78, 5) is 12.6. The lowest BCUT2D eigenvalue weighted by Crippen LogP contribution is -2.15. The average Bonchev–Trinajstić information content (AvgIpc) is 2.25. The Kier molecular flexibility index (Phi) is 4.51. The van der Waals surface area contributed by atoms with Gasteiger partial charge in [0.1, 0.15) is 0 Å². The Bertz CT molecular complexity index is 416. The van der Waals surface area contributed by atoms with E-state index in [0.717, 1.165) is 21.7 Å². The van der Waals surface area contributed by atoms with Crippen LogP contribution in [0, 0.1) is 5.92 Å². The molecule has 0 bridgehead atoms. The normalized spacial score (nSPS) is 15.4. The van der Waals surface area contributed by atoms with Gasteiger partial charge in [0.05, 0.1) is 12.2 Å². The van der Waals surface area contributed by atoms with Crippen LogP contribution in [-0.4, -0.2) is 12.6 Å². The van der Waals surface area contributed by atoms with Crippen LogP contribution in [0.1, 0.15) is 36.0 Å². The molecule has 2 rings (SSSR count). The van der Waals surface area contributed by atoms with Gasteiger partial charge in [0.15, 0.2) is 0 Å². The number of carbonyl (C=O) groups is 1. The molecule has 1 aromatic rings. The van der Waals surface area contributed by atoms with Crippen LogP contribution in [0.4, 0.5) is 0 Å². The van der Waals surface area contributed by atoms with Gasteiger partial charge in [-0.25, -0.2) is 4.79 Å². The fraction of sp³-hybridized carbons (Fsp3) is 0.462. The van der Waals surface area contributed by atoms with Gasteiger partial charge in [0.25, 0.3) is 0 Å². The summed E-state index contributed by atoms with van der Waals surface area (Å²) in [5.74, 6) is 0.495. The number of esters is 1. The maximum atomic E-state index is 11.8. The van der Waals surface area contributed by atoms with E-state index in [1.54, 1.807) is 6.07 Å². The van der Waals surface area contributed by atoms with E-state index in [1.165, 1.54) is 19.3 Å². The van der Waals surface area contributed by atoms with Gasteiger partial charge in [-0.2, -0.15) is 0 Å². The Hall–Kier alpha value is -0.480. The number of halogens is 1. The number of carbonyl (C=O) groups excluding carboxylic acids is 1. The number of hydrogen-bond donors (Lipinski definition) is 1. The van der Waals surface area contributed by atoms with Crippen molar-refractivity contribution in [1.82, 2.24) is 0 Å².